The highest BCUT2D eigenvalue weighted by Crippen LogP contribution is 1.92. The Morgan fingerprint density at radius 3 is 2.76 bits per heavy atom. The minimum Gasteiger partial charge on any atom is -0.313 e. The Kier molecular flexibility index (Phi) is 5.46. The van der Waals surface area contributed by atoms with Crippen LogP contribution in [0.1, 0.15) is 19.5 Å². The van der Waals surface area contributed by atoms with Crippen LogP contribution in [0.5, 0.6) is 0 Å². The molecule has 0 fully saturated rings. The highest BCUT2D eigenvalue weighted by atomic mass is 32.2. The van der Waals surface area contributed by atoms with E-state index in [4.69, 9.17) is 0 Å². The summed E-state index contributed by atoms with van der Waals surface area (Å²) in [5.41, 5.74) is 0.605. The molecule has 17 heavy (non-hydrogen) atoms. The van der Waals surface area contributed by atoms with Crippen molar-refractivity contribution >= 4 is 10.0 Å². The maximum absolute atomic E-state index is 11.6. The minimum absolute atomic E-state index is 0.0610. The largest absolute Gasteiger partial charge is 0.313 e. The van der Waals surface area contributed by atoms with Crippen molar-refractivity contribution in [3.8, 4) is 0 Å². The van der Waals surface area contributed by atoms with Gasteiger partial charge in [0.1, 0.15) is 0 Å². The van der Waals surface area contributed by atoms with Crippen LogP contribution in [0.3, 0.4) is 0 Å². The second kappa shape index (κ2) is 6.63. The number of sulfonamides is 1. The molecule has 6 nitrogen and oxygen atoms in total. The highest BCUT2D eigenvalue weighted by molar-refractivity contribution is 7.89. The topological polar surface area (TPSA) is 84.0 Å². The molecule has 0 radical (unpaired) electrons. The first kappa shape index (κ1) is 14.0. The number of nitrogens with one attached hydrogen (secondary N) is 2. The zero-order chi connectivity index (χ0) is 12.7. The average Bonchev–Trinajstić information content (AvgIpc) is 2.27. The molecule has 0 unspecified atom stereocenters. The molecule has 0 saturated carbocycles. The monoisotopic (exact) mass is 258 g/mol. The summed E-state index contributed by atoms with van der Waals surface area (Å²) in [4.78, 5) is 0. The lowest BCUT2D eigenvalue weighted by Gasteiger charge is -2.09. The van der Waals surface area contributed by atoms with Gasteiger partial charge in [0.25, 0.3) is 0 Å². The summed E-state index contributed by atoms with van der Waals surface area (Å²) in [6.45, 7) is 4.56. The first-order chi connectivity index (χ1) is 7.99. The van der Waals surface area contributed by atoms with Gasteiger partial charge in [-0.05, 0) is 12.1 Å². The van der Waals surface area contributed by atoms with E-state index in [9.17, 15) is 8.42 Å². The van der Waals surface area contributed by atoms with Gasteiger partial charge in [-0.3, -0.25) is 0 Å². The van der Waals surface area contributed by atoms with Crippen LogP contribution in [-0.4, -0.2) is 37.0 Å². The summed E-state index contributed by atoms with van der Waals surface area (Å²) < 4.78 is 25.7. The summed E-state index contributed by atoms with van der Waals surface area (Å²) >= 11 is 0. The van der Waals surface area contributed by atoms with Crippen molar-refractivity contribution in [2.45, 2.75) is 26.4 Å². The molecular weight excluding hydrogens is 240 g/mol. The van der Waals surface area contributed by atoms with Gasteiger partial charge in [0, 0.05) is 18.8 Å². The van der Waals surface area contributed by atoms with Crippen LogP contribution >= 0.6 is 0 Å². The second-order valence-electron chi connectivity index (χ2n) is 3.96. The molecule has 7 heteroatoms. The smallest absolute Gasteiger partial charge is 0.213 e. The normalized spacial score (nSPS) is 11.9. The van der Waals surface area contributed by atoms with Crippen LogP contribution in [0.4, 0.5) is 0 Å². The molecule has 0 amide bonds. The predicted molar refractivity (Wildman–Crippen MR) is 65.8 cm³/mol. The molecule has 1 aromatic heterocycles. The molecular formula is C10H18N4O2S. The molecule has 0 saturated heterocycles. The molecule has 2 N–H and O–H groups in total. The van der Waals surface area contributed by atoms with Gasteiger partial charge in [-0.25, -0.2) is 13.1 Å². The predicted octanol–water partition coefficient (Wildman–Crippen LogP) is -0.106. The third-order valence-corrected chi connectivity index (χ3v) is 3.35. The quantitative estimate of drug-likeness (QED) is 0.713. The van der Waals surface area contributed by atoms with E-state index < -0.39 is 10.0 Å². The Bertz CT molecular complexity index is 419. The van der Waals surface area contributed by atoms with Crippen molar-refractivity contribution in [2.24, 2.45) is 0 Å². The molecule has 0 aliphatic carbocycles. The Morgan fingerprint density at radius 1 is 1.41 bits per heavy atom. The SMILES string of the molecule is CC(C)NCCS(=O)(=O)NCc1cccnn1. The fraction of sp³-hybridized carbons (Fsp3) is 0.600. The van der Waals surface area contributed by atoms with E-state index in [0.717, 1.165) is 0 Å². The van der Waals surface area contributed by atoms with Crippen LogP contribution in [0.25, 0.3) is 0 Å². The Morgan fingerprint density at radius 2 is 2.18 bits per heavy atom. The van der Waals surface area contributed by atoms with Crippen molar-refractivity contribution in [1.82, 2.24) is 20.2 Å². The summed E-state index contributed by atoms with van der Waals surface area (Å²) in [5, 5.41) is 10.5. The standard InChI is InChI=1S/C10H18N4O2S/c1-9(2)11-6-7-17(15,16)13-8-10-4-3-5-12-14-10/h3-5,9,11,13H,6-8H2,1-2H3. The van der Waals surface area contributed by atoms with E-state index in [1.807, 2.05) is 13.8 Å². The maximum Gasteiger partial charge on any atom is 0.213 e. The van der Waals surface area contributed by atoms with Gasteiger partial charge in [0.15, 0.2) is 0 Å². The van der Waals surface area contributed by atoms with Gasteiger partial charge in [0.2, 0.25) is 10.0 Å². The van der Waals surface area contributed by atoms with Crippen LogP contribution in [-0.2, 0) is 16.6 Å². The van der Waals surface area contributed by atoms with Gasteiger partial charge < -0.3 is 5.32 Å². The molecule has 0 aliphatic rings. The van der Waals surface area contributed by atoms with Crippen LogP contribution < -0.4 is 10.0 Å². The summed E-state index contributed by atoms with van der Waals surface area (Å²) in [6.07, 6.45) is 1.55. The number of hydrogen-bond acceptors (Lipinski definition) is 5. The van der Waals surface area contributed by atoms with Crippen molar-refractivity contribution in [3.63, 3.8) is 0 Å². The van der Waals surface area contributed by atoms with Crippen LogP contribution in [0.15, 0.2) is 18.3 Å². The van der Waals surface area contributed by atoms with Gasteiger partial charge in [0.05, 0.1) is 18.0 Å². The molecule has 0 atom stereocenters. The number of nitrogens with zero attached hydrogens (tertiary/aromatic N) is 2. The molecule has 0 spiro atoms. The fourth-order valence-electron chi connectivity index (χ4n) is 1.17. The van der Waals surface area contributed by atoms with Crippen molar-refractivity contribution in [3.05, 3.63) is 24.0 Å². The van der Waals surface area contributed by atoms with Crippen LogP contribution in [0, 0.1) is 0 Å². The number of rotatable bonds is 7. The van der Waals surface area contributed by atoms with E-state index in [1.54, 1.807) is 18.3 Å². The molecule has 0 aromatic carbocycles. The van der Waals surface area contributed by atoms with Gasteiger partial charge in [-0.2, -0.15) is 10.2 Å². The maximum atomic E-state index is 11.6. The van der Waals surface area contributed by atoms with Gasteiger partial charge in [-0.15, -0.1) is 0 Å². The Hall–Kier alpha value is -1.05. The molecule has 1 aromatic rings. The molecule has 0 aliphatic heterocycles. The first-order valence-corrected chi connectivity index (χ1v) is 7.12. The molecule has 0 bridgehead atoms. The summed E-state index contributed by atoms with van der Waals surface area (Å²) in [7, 11) is -3.26. The average molecular weight is 258 g/mol. The number of hydrogen-bond donors (Lipinski definition) is 2. The lowest BCUT2D eigenvalue weighted by atomic mass is 10.4. The third-order valence-electron chi connectivity index (χ3n) is 2.02. The van der Waals surface area contributed by atoms with Crippen molar-refractivity contribution in [2.75, 3.05) is 12.3 Å². The highest BCUT2D eigenvalue weighted by Gasteiger charge is 2.10. The van der Waals surface area contributed by atoms with Gasteiger partial charge >= 0.3 is 0 Å². The molecule has 1 heterocycles. The zero-order valence-corrected chi connectivity index (χ0v) is 10.9. The molecule has 1 rings (SSSR count). The van der Waals surface area contributed by atoms with Crippen LogP contribution in [0.2, 0.25) is 0 Å². The van der Waals surface area contributed by atoms with E-state index in [0.29, 0.717) is 12.2 Å². The van der Waals surface area contributed by atoms with Crippen molar-refractivity contribution in [1.29, 1.82) is 0 Å². The summed E-state index contributed by atoms with van der Waals surface area (Å²) in [6, 6.07) is 3.73. The molecule has 96 valence electrons. The fourth-order valence-corrected chi connectivity index (χ4v) is 2.06. The van der Waals surface area contributed by atoms with E-state index in [-0.39, 0.29) is 18.3 Å². The Labute approximate surface area is 102 Å². The van der Waals surface area contributed by atoms with E-state index >= 15 is 0 Å². The van der Waals surface area contributed by atoms with Crippen molar-refractivity contribution < 1.29 is 8.42 Å². The Balaban J connectivity index is 2.35. The van der Waals surface area contributed by atoms with E-state index in [1.165, 1.54) is 0 Å². The lowest BCUT2D eigenvalue weighted by Crippen LogP contribution is -2.34. The van der Waals surface area contributed by atoms with E-state index in [2.05, 4.69) is 20.2 Å². The second-order valence-corrected chi connectivity index (χ2v) is 5.89. The summed E-state index contributed by atoms with van der Waals surface area (Å²) in [5.74, 6) is 0.0610. The third kappa shape index (κ3) is 6.30. The van der Waals surface area contributed by atoms with Gasteiger partial charge in [-0.1, -0.05) is 13.8 Å². The zero-order valence-electron chi connectivity index (χ0n) is 10.0. The number of aromatic nitrogens is 2. The lowest BCUT2D eigenvalue weighted by molar-refractivity contribution is 0.565. The first-order valence-electron chi connectivity index (χ1n) is 5.47. The minimum atomic E-state index is -3.26.